The molecule has 0 saturated heterocycles. The van der Waals surface area contributed by atoms with E-state index < -0.39 is 0 Å². The summed E-state index contributed by atoms with van der Waals surface area (Å²) < 4.78 is 9.23. The van der Waals surface area contributed by atoms with Crippen molar-refractivity contribution in [2.24, 2.45) is 11.8 Å². The molecule has 2 atom stereocenters. The zero-order valence-corrected chi connectivity index (χ0v) is 17.4. The van der Waals surface area contributed by atoms with Crippen molar-refractivity contribution in [2.75, 3.05) is 19.5 Å². The second-order valence-corrected chi connectivity index (χ2v) is 8.40. The Bertz CT molecular complexity index is 1310. The Balaban J connectivity index is 1.40. The second-order valence-electron chi connectivity index (χ2n) is 8.40. The number of hydrogen-bond donors (Lipinski definition) is 2. The van der Waals surface area contributed by atoms with E-state index in [0.29, 0.717) is 29.2 Å². The number of aromatic nitrogens is 5. The summed E-state index contributed by atoms with van der Waals surface area (Å²) in [5.41, 5.74) is 3.80. The highest BCUT2D eigenvalue weighted by atomic mass is 16.5. The first-order valence-corrected chi connectivity index (χ1v) is 10.5. The van der Waals surface area contributed by atoms with E-state index in [4.69, 9.17) is 4.74 Å². The van der Waals surface area contributed by atoms with Gasteiger partial charge in [0, 0.05) is 36.6 Å². The van der Waals surface area contributed by atoms with E-state index >= 15 is 0 Å². The average Bonchev–Trinajstić information content (AvgIpc) is 3.16. The largest absolute Gasteiger partial charge is 0.479 e. The number of fused-ring (bicyclic) bond motifs is 3. The summed E-state index contributed by atoms with van der Waals surface area (Å²) in [6.45, 7) is 0. The molecule has 9 heteroatoms. The van der Waals surface area contributed by atoms with Crippen molar-refractivity contribution < 1.29 is 9.53 Å². The Morgan fingerprint density at radius 2 is 2.03 bits per heavy atom. The third-order valence-electron chi connectivity index (χ3n) is 6.53. The Kier molecular flexibility index (Phi) is 3.92. The van der Waals surface area contributed by atoms with Crippen molar-refractivity contribution in [1.29, 1.82) is 0 Å². The molecule has 2 aliphatic carbocycles. The number of imidazole rings is 1. The average molecular weight is 417 g/mol. The highest BCUT2D eigenvalue weighted by Crippen LogP contribution is 2.52. The van der Waals surface area contributed by atoms with Crippen LogP contribution in [0.3, 0.4) is 0 Å². The maximum absolute atomic E-state index is 12.2. The first-order chi connectivity index (χ1) is 15.1. The van der Waals surface area contributed by atoms with Crippen molar-refractivity contribution in [2.45, 2.75) is 25.3 Å². The standard InChI is InChI=1S/C22H23N7O2/c1-23-20(30)17-10-24-18-4-3-12(11-28(17)18)16-5-6-29-19(16)21(31-2)26-22(27-29)25-15-8-13-7-14(13)9-15/h3-6,10-11,13-15H,7-9H2,1-2H3,(H,23,30)(H,25,27). The predicted molar refractivity (Wildman–Crippen MR) is 115 cm³/mol. The number of methoxy groups -OCH3 is 1. The summed E-state index contributed by atoms with van der Waals surface area (Å²) in [5, 5.41) is 10.8. The van der Waals surface area contributed by atoms with Crippen LogP contribution in [0.5, 0.6) is 5.88 Å². The lowest BCUT2D eigenvalue weighted by Crippen LogP contribution is -2.20. The number of rotatable bonds is 5. The summed E-state index contributed by atoms with van der Waals surface area (Å²) >= 11 is 0. The highest BCUT2D eigenvalue weighted by molar-refractivity contribution is 5.93. The lowest BCUT2D eigenvalue weighted by atomic mass is 10.1. The Morgan fingerprint density at radius 3 is 2.81 bits per heavy atom. The van der Waals surface area contributed by atoms with Gasteiger partial charge in [0.25, 0.3) is 5.91 Å². The molecular weight excluding hydrogens is 394 g/mol. The molecule has 31 heavy (non-hydrogen) atoms. The van der Waals surface area contributed by atoms with Crippen molar-refractivity contribution in [3.63, 3.8) is 0 Å². The first kappa shape index (κ1) is 18.2. The molecule has 2 fully saturated rings. The van der Waals surface area contributed by atoms with Crippen LogP contribution >= 0.6 is 0 Å². The summed E-state index contributed by atoms with van der Waals surface area (Å²) in [6, 6.07) is 6.29. The molecule has 4 aromatic heterocycles. The summed E-state index contributed by atoms with van der Waals surface area (Å²) in [6.07, 6.45) is 9.16. The van der Waals surface area contributed by atoms with E-state index in [1.54, 1.807) is 29.3 Å². The molecule has 0 spiro atoms. The van der Waals surface area contributed by atoms with Crippen molar-refractivity contribution in [3.05, 3.63) is 42.5 Å². The molecule has 6 rings (SSSR count). The van der Waals surface area contributed by atoms with E-state index in [2.05, 4.69) is 25.7 Å². The SMILES string of the molecule is CNC(=O)c1cnc2ccc(-c3ccn4nc(NC5CC6CC6C5)nc(OC)c34)cn12. The number of nitrogens with one attached hydrogen (secondary N) is 2. The monoisotopic (exact) mass is 417 g/mol. The van der Waals surface area contributed by atoms with Crippen LogP contribution in [0.25, 0.3) is 22.3 Å². The van der Waals surface area contributed by atoms with Crippen LogP contribution in [0.2, 0.25) is 0 Å². The zero-order valence-electron chi connectivity index (χ0n) is 17.4. The fraction of sp³-hybridized carbons (Fsp3) is 0.364. The molecule has 0 aromatic carbocycles. The van der Waals surface area contributed by atoms with Gasteiger partial charge in [-0.1, -0.05) is 0 Å². The zero-order chi connectivity index (χ0) is 21.1. The minimum atomic E-state index is -0.187. The number of anilines is 1. The Hall–Kier alpha value is -3.62. The van der Waals surface area contributed by atoms with Crippen molar-refractivity contribution in [3.8, 4) is 17.0 Å². The van der Waals surface area contributed by atoms with Gasteiger partial charge in [-0.3, -0.25) is 9.20 Å². The third kappa shape index (κ3) is 2.91. The number of hydrogen-bond acceptors (Lipinski definition) is 6. The topological polar surface area (TPSA) is 97.9 Å². The lowest BCUT2D eigenvalue weighted by Gasteiger charge is -2.15. The summed E-state index contributed by atoms with van der Waals surface area (Å²) in [5.74, 6) is 2.69. The molecule has 0 radical (unpaired) electrons. The second kappa shape index (κ2) is 6.69. The number of pyridine rings is 1. The highest BCUT2D eigenvalue weighted by Gasteiger charge is 2.46. The maximum Gasteiger partial charge on any atom is 0.269 e. The maximum atomic E-state index is 12.2. The van der Waals surface area contributed by atoms with Gasteiger partial charge in [-0.15, -0.1) is 5.10 Å². The van der Waals surface area contributed by atoms with Crippen LogP contribution in [0.4, 0.5) is 5.95 Å². The van der Waals surface area contributed by atoms with Gasteiger partial charge >= 0.3 is 0 Å². The minimum Gasteiger partial charge on any atom is -0.479 e. The molecule has 4 aromatic rings. The van der Waals surface area contributed by atoms with E-state index in [9.17, 15) is 4.79 Å². The van der Waals surface area contributed by atoms with Gasteiger partial charge < -0.3 is 15.4 Å². The normalized spacial score (nSPS) is 21.9. The molecule has 0 aliphatic heterocycles. The molecule has 2 N–H and O–H groups in total. The van der Waals surface area contributed by atoms with Crippen LogP contribution in [0.1, 0.15) is 29.8 Å². The third-order valence-corrected chi connectivity index (χ3v) is 6.53. The molecule has 2 aliphatic rings. The molecule has 9 nitrogen and oxygen atoms in total. The predicted octanol–water partition coefficient (Wildman–Crippen LogP) is 2.62. The number of amides is 1. The fourth-order valence-electron chi connectivity index (χ4n) is 4.88. The minimum absolute atomic E-state index is 0.187. The number of ether oxygens (including phenoxy) is 1. The van der Waals surface area contributed by atoms with Gasteiger partial charge in [-0.05, 0) is 49.3 Å². The molecule has 1 amide bonds. The van der Waals surface area contributed by atoms with Gasteiger partial charge in [0.15, 0.2) is 0 Å². The van der Waals surface area contributed by atoms with Gasteiger partial charge in [-0.25, -0.2) is 9.50 Å². The van der Waals surface area contributed by atoms with Crippen molar-refractivity contribution in [1.82, 2.24) is 29.3 Å². The van der Waals surface area contributed by atoms with Crippen LogP contribution in [-0.2, 0) is 0 Å². The Morgan fingerprint density at radius 1 is 1.19 bits per heavy atom. The quantitative estimate of drug-likeness (QED) is 0.518. The summed E-state index contributed by atoms with van der Waals surface area (Å²) in [7, 11) is 3.23. The van der Waals surface area contributed by atoms with E-state index in [-0.39, 0.29) is 5.91 Å². The van der Waals surface area contributed by atoms with E-state index in [1.807, 2.05) is 30.6 Å². The molecule has 158 valence electrons. The number of carbonyl (C=O) groups excluding carboxylic acids is 1. The smallest absolute Gasteiger partial charge is 0.269 e. The van der Waals surface area contributed by atoms with Crippen LogP contribution in [0.15, 0.2) is 36.8 Å². The molecule has 2 unspecified atom stereocenters. The number of carbonyl (C=O) groups is 1. The number of nitrogens with zero attached hydrogens (tertiary/aromatic N) is 5. The van der Waals surface area contributed by atoms with E-state index in [0.717, 1.165) is 28.5 Å². The van der Waals surface area contributed by atoms with Crippen LogP contribution in [0, 0.1) is 11.8 Å². The van der Waals surface area contributed by atoms with Crippen LogP contribution in [-0.4, -0.2) is 50.1 Å². The first-order valence-electron chi connectivity index (χ1n) is 10.5. The van der Waals surface area contributed by atoms with Crippen molar-refractivity contribution >= 4 is 23.0 Å². The van der Waals surface area contributed by atoms with Gasteiger partial charge in [0.2, 0.25) is 11.8 Å². The van der Waals surface area contributed by atoms with Gasteiger partial charge in [-0.2, -0.15) is 4.98 Å². The molecule has 4 heterocycles. The van der Waals surface area contributed by atoms with Gasteiger partial charge in [0.1, 0.15) is 16.9 Å². The molecule has 2 saturated carbocycles. The van der Waals surface area contributed by atoms with Gasteiger partial charge in [0.05, 0.1) is 13.3 Å². The van der Waals surface area contributed by atoms with Crippen LogP contribution < -0.4 is 15.4 Å². The Labute approximate surface area is 178 Å². The summed E-state index contributed by atoms with van der Waals surface area (Å²) in [4.78, 5) is 21.1. The molecular formula is C22H23N7O2. The fourth-order valence-corrected chi connectivity index (χ4v) is 4.88. The van der Waals surface area contributed by atoms with E-state index in [1.165, 1.54) is 19.3 Å². The molecule has 0 bridgehead atoms. The lowest BCUT2D eigenvalue weighted by molar-refractivity contribution is 0.0957.